The summed E-state index contributed by atoms with van der Waals surface area (Å²) in [7, 11) is 1.56. The fourth-order valence-corrected chi connectivity index (χ4v) is 3.67. The third kappa shape index (κ3) is 4.04. The van der Waals surface area contributed by atoms with E-state index in [1.807, 2.05) is 19.1 Å². The van der Waals surface area contributed by atoms with Crippen LogP contribution in [0.3, 0.4) is 0 Å². The molecule has 0 atom stereocenters. The van der Waals surface area contributed by atoms with Gasteiger partial charge in [0, 0.05) is 11.8 Å². The van der Waals surface area contributed by atoms with Gasteiger partial charge in [0.25, 0.3) is 5.89 Å². The lowest BCUT2D eigenvalue weighted by molar-refractivity contribution is -0.114. The van der Waals surface area contributed by atoms with Crippen LogP contribution >= 0.6 is 11.3 Å². The number of esters is 1. The average Bonchev–Trinajstić information content (AvgIpc) is 3.24. The number of benzene rings is 1. The highest BCUT2D eigenvalue weighted by Gasteiger charge is 2.22. The van der Waals surface area contributed by atoms with E-state index in [4.69, 9.17) is 14.0 Å². The Hall–Kier alpha value is -3.20. The number of aryl methyl sites for hydroxylation is 1. The molecule has 1 amide bonds. The molecule has 0 radical (unpaired) electrons. The molecule has 0 bridgehead atoms. The Morgan fingerprint density at radius 3 is 2.71 bits per heavy atom. The summed E-state index contributed by atoms with van der Waals surface area (Å²) in [5, 5.41) is 7.04. The predicted octanol–water partition coefficient (Wildman–Crippen LogP) is 3.74. The molecule has 28 heavy (non-hydrogen) atoms. The van der Waals surface area contributed by atoms with Crippen molar-refractivity contribution < 1.29 is 23.6 Å². The number of rotatable bonds is 6. The van der Waals surface area contributed by atoms with E-state index in [9.17, 15) is 9.59 Å². The maximum atomic E-state index is 12.6. The van der Waals surface area contributed by atoms with Gasteiger partial charge in [-0.3, -0.25) is 4.79 Å². The molecule has 3 aromatic rings. The molecule has 1 aromatic carbocycles. The first kappa shape index (κ1) is 19.6. The first-order valence-electron chi connectivity index (χ1n) is 8.41. The number of amides is 1. The third-order valence-corrected chi connectivity index (χ3v) is 5.14. The van der Waals surface area contributed by atoms with Crippen LogP contribution in [-0.4, -0.2) is 29.1 Å². The average molecular weight is 401 g/mol. The Bertz CT molecular complexity index is 1020. The number of nitrogens with zero attached hydrogens (tertiary/aromatic N) is 2. The second kappa shape index (κ2) is 8.22. The van der Waals surface area contributed by atoms with Crippen LogP contribution in [0.25, 0.3) is 11.4 Å². The molecular formula is C19H19N3O5S. The molecule has 0 fully saturated rings. The number of thiophene rings is 1. The van der Waals surface area contributed by atoms with Crippen molar-refractivity contribution in [2.75, 3.05) is 12.4 Å². The molecule has 9 heteroatoms. The van der Waals surface area contributed by atoms with E-state index in [0.717, 1.165) is 10.4 Å². The van der Waals surface area contributed by atoms with Gasteiger partial charge in [0.15, 0.2) is 6.61 Å². The van der Waals surface area contributed by atoms with Crippen molar-refractivity contribution in [1.82, 2.24) is 10.1 Å². The normalized spacial score (nSPS) is 10.6. The van der Waals surface area contributed by atoms with Crippen molar-refractivity contribution in [3.05, 3.63) is 46.2 Å². The summed E-state index contributed by atoms with van der Waals surface area (Å²) in [5.74, 6) is 0.275. The number of anilines is 1. The zero-order valence-corrected chi connectivity index (χ0v) is 16.7. The van der Waals surface area contributed by atoms with Gasteiger partial charge in [0.1, 0.15) is 10.8 Å². The summed E-state index contributed by atoms with van der Waals surface area (Å²) in [6.45, 7) is 4.88. The van der Waals surface area contributed by atoms with Crippen LogP contribution in [0.1, 0.15) is 33.6 Å². The fourth-order valence-electron chi connectivity index (χ4n) is 2.57. The minimum atomic E-state index is -0.567. The van der Waals surface area contributed by atoms with Gasteiger partial charge < -0.3 is 19.3 Å². The Labute approximate surface area is 165 Å². The van der Waals surface area contributed by atoms with Crippen LogP contribution in [0.2, 0.25) is 0 Å². The quantitative estimate of drug-likeness (QED) is 0.628. The lowest BCUT2D eigenvalue weighted by atomic mass is 10.1. The highest BCUT2D eigenvalue weighted by molar-refractivity contribution is 7.16. The van der Waals surface area contributed by atoms with Gasteiger partial charge in [0.05, 0.1) is 18.2 Å². The number of para-hydroxylation sites is 1. The number of carbonyl (C=O) groups is 2. The molecule has 0 saturated heterocycles. The minimum Gasteiger partial charge on any atom is -0.496 e. The molecule has 0 unspecified atom stereocenters. The SMILES string of the molecule is COc1ccccc1-c1noc(COC(=O)c2c(NC(C)=O)sc(C)c2C)n1. The van der Waals surface area contributed by atoms with Crippen LogP contribution in [0.15, 0.2) is 28.8 Å². The van der Waals surface area contributed by atoms with E-state index in [-0.39, 0.29) is 18.4 Å². The van der Waals surface area contributed by atoms with E-state index in [0.29, 0.717) is 27.7 Å². The highest BCUT2D eigenvalue weighted by Crippen LogP contribution is 2.33. The molecule has 2 heterocycles. The molecule has 146 valence electrons. The molecule has 0 aliphatic carbocycles. The van der Waals surface area contributed by atoms with Gasteiger partial charge in [-0.2, -0.15) is 4.98 Å². The van der Waals surface area contributed by atoms with Crippen molar-refractivity contribution in [3.63, 3.8) is 0 Å². The number of nitrogens with one attached hydrogen (secondary N) is 1. The molecule has 8 nitrogen and oxygen atoms in total. The van der Waals surface area contributed by atoms with Crippen molar-refractivity contribution >= 4 is 28.2 Å². The largest absolute Gasteiger partial charge is 0.496 e. The second-order valence-corrected chi connectivity index (χ2v) is 7.18. The van der Waals surface area contributed by atoms with Crippen LogP contribution in [0, 0.1) is 13.8 Å². The van der Waals surface area contributed by atoms with Crippen molar-refractivity contribution in [1.29, 1.82) is 0 Å². The van der Waals surface area contributed by atoms with Gasteiger partial charge in [-0.1, -0.05) is 17.3 Å². The standard InChI is InChI=1S/C19H19N3O5S/c1-10-11(2)28-18(20-12(3)23)16(10)19(24)26-9-15-21-17(22-27-15)13-7-5-6-8-14(13)25-4/h5-8H,9H2,1-4H3,(H,20,23). The molecule has 0 aliphatic rings. The molecule has 1 N–H and O–H groups in total. The first-order valence-corrected chi connectivity index (χ1v) is 9.23. The van der Waals surface area contributed by atoms with E-state index >= 15 is 0 Å². The number of ether oxygens (including phenoxy) is 2. The zero-order chi connectivity index (χ0) is 20.3. The van der Waals surface area contributed by atoms with Gasteiger partial charge in [0.2, 0.25) is 11.7 Å². The molecule has 0 spiro atoms. The Balaban J connectivity index is 1.74. The van der Waals surface area contributed by atoms with E-state index in [2.05, 4.69) is 15.5 Å². The Kier molecular flexibility index (Phi) is 5.74. The lowest BCUT2D eigenvalue weighted by Gasteiger charge is -2.05. The summed E-state index contributed by atoms with van der Waals surface area (Å²) >= 11 is 1.33. The summed E-state index contributed by atoms with van der Waals surface area (Å²) in [4.78, 5) is 29.1. The minimum absolute atomic E-state index is 0.153. The third-order valence-electron chi connectivity index (χ3n) is 4.02. The maximum Gasteiger partial charge on any atom is 0.341 e. The van der Waals surface area contributed by atoms with Crippen molar-refractivity contribution in [2.24, 2.45) is 0 Å². The number of hydrogen-bond acceptors (Lipinski definition) is 8. The van der Waals surface area contributed by atoms with Gasteiger partial charge in [-0.05, 0) is 31.5 Å². The zero-order valence-electron chi connectivity index (χ0n) is 15.9. The van der Waals surface area contributed by atoms with Gasteiger partial charge in [-0.25, -0.2) is 4.79 Å². The lowest BCUT2D eigenvalue weighted by Crippen LogP contribution is -2.12. The molecule has 2 aromatic heterocycles. The van der Waals surface area contributed by atoms with E-state index < -0.39 is 5.97 Å². The first-order chi connectivity index (χ1) is 13.4. The summed E-state index contributed by atoms with van der Waals surface area (Å²) in [6, 6.07) is 7.26. The summed E-state index contributed by atoms with van der Waals surface area (Å²) in [5.41, 5.74) is 1.77. The number of hydrogen-bond donors (Lipinski definition) is 1. The second-order valence-electron chi connectivity index (χ2n) is 5.96. The molecule has 3 rings (SSSR count). The smallest absolute Gasteiger partial charge is 0.341 e. The highest BCUT2D eigenvalue weighted by atomic mass is 32.1. The maximum absolute atomic E-state index is 12.6. The van der Waals surface area contributed by atoms with Gasteiger partial charge >= 0.3 is 5.97 Å². The van der Waals surface area contributed by atoms with E-state index in [1.54, 1.807) is 26.2 Å². The van der Waals surface area contributed by atoms with Crippen LogP contribution in [0.4, 0.5) is 5.00 Å². The number of aromatic nitrogens is 2. The fraction of sp³-hybridized carbons (Fsp3) is 0.263. The van der Waals surface area contributed by atoms with Gasteiger partial charge in [-0.15, -0.1) is 11.3 Å². The van der Waals surface area contributed by atoms with Crippen LogP contribution in [-0.2, 0) is 16.1 Å². The molecular weight excluding hydrogens is 382 g/mol. The van der Waals surface area contributed by atoms with Crippen LogP contribution in [0.5, 0.6) is 5.75 Å². The Morgan fingerprint density at radius 2 is 2.00 bits per heavy atom. The predicted molar refractivity (Wildman–Crippen MR) is 104 cm³/mol. The topological polar surface area (TPSA) is 104 Å². The molecule has 0 saturated carbocycles. The Morgan fingerprint density at radius 1 is 1.25 bits per heavy atom. The van der Waals surface area contributed by atoms with Crippen molar-refractivity contribution in [3.8, 4) is 17.1 Å². The van der Waals surface area contributed by atoms with E-state index in [1.165, 1.54) is 18.3 Å². The molecule has 0 aliphatic heterocycles. The van der Waals surface area contributed by atoms with Crippen LogP contribution < -0.4 is 10.1 Å². The van der Waals surface area contributed by atoms with Crippen molar-refractivity contribution in [2.45, 2.75) is 27.4 Å². The summed E-state index contributed by atoms with van der Waals surface area (Å²) < 4.78 is 15.8. The number of methoxy groups -OCH3 is 1. The monoisotopic (exact) mass is 401 g/mol. The summed E-state index contributed by atoms with van der Waals surface area (Å²) in [6.07, 6.45) is 0. The number of carbonyl (C=O) groups excluding carboxylic acids is 2.